The molecule has 114 heavy (non-hydrogen) atoms. The summed E-state index contributed by atoms with van der Waals surface area (Å²) in [6.07, 6.45) is 89.7. The minimum absolute atomic E-state index is 0.389. The van der Waals surface area contributed by atoms with Crippen LogP contribution in [0.2, 0.25) is 0 Å². The summed E-state index contributed by atoms with van der Waals surface area (Å²) in [5, 5.41) is 53.3. The molecule has 0 aliphatic rings. The van der Waals surface area contributed by atoms with Crippen molar-refractivity contribution in [1.29, 1.82) is 0 Å². The number of aliphatic carboxylic acids is 6. The molecule has 0 heterocycles. The summed E-state index contributed by atoms with van der Waals surface area (Å²) in [7, 11) is -3.14. The normalized spacial score (nSPS) is 10.8. The molecule has 18 heteroatoms. The fourth-order valence-corrected chi connectivity index (χ4v) is 37.1. The predicted octanol–water partition coefficient (Wildman–Crippen LogP) is 25.1. The first-order valence-electron chi connectivity index (χ1n) is 47.7. The number of carboxylic acid groups (broad SMARTS) is 6. The molecule has 0 aromatic heterocycles. The molecule has 0 amide bonds. The molecule has 0 aromatic carbocycles. The third-order valence-electron chi connectivity index (χ3n) is 20.3. The molecule has 0 N–H and O–H groups in total. The Morgan fingerprint density at radius 1 is 0.158 bits per heavy atom. The van der Waals surface area contributed by atoms with Gasteiger partial charge in [-0.3, -0.25) is 0 Å². The van der Waals surface area contributed by atoms with E-state index in [1.54, 1.807) is 98.6 Å². The van der Waals surface area contributed by atoms with Gasteiger partial charge in [0.05, 0.1) is 123 Å². The van der Waals surface area contributed by atoms with Gasteiger partial charge in [-0.2, -0.15) is 0 Å². The van der Waals surface area contributed by atoms with E-state index in [9.17, 15) is 0 Å². The quantitative estimate of drug-likeness (QED) is 0.0408. The zero-order valence-electron chi connectivity index (χ0n) is 83.0. The fourth-order valence-electron chi connectivity index (χ4n) is 14.2. The molecule has 0 saturated carbocycles. The highest BCUT2D eigenvalue weighted by atomic mass is 31.2. The first-order valence-corrected chi connectivity index (χ1v) is 63.9. The Bertz CT molecular complexity index is 1590. The topological polar surface area (TPSA) is 241 Å². The highest BCUT2D eigenvalue weighted by Gasteiger charge is 2.38. The van der Waals surface area contributed by atoms with Crippen molar-refractivity contribution in [1.82, 2.24) is 0 Å². The summed E-state index contributed by atoms with van der Waals surface area (Å²) in [4.78, 5) is 53.3. The van der Waals surface area contributed by atoms with Crippen LogP contribution in [0.4, 0.5) is 0 Å². The molecule has 0 rings (SSSR count). The van der Waals surface area contributed by atoms with Crippen molar-refractivity contribution in [3.63, 3.8) is 0 Å². The standard InChI is InChI=1S/C24H52P.C20H44P.C16H36P.C12H28P.C8H20P.C4H12P.6C2H4O2/c1-5-9-13-17-21-25(22-18-14-10-6-2,23-19-15-11-7-3)24-20-16-12-8-4;1-5-9-13-17-21(18-14-10-6-2,19-15-11-7-3)20-16-12-8-4;1-5-9-13-17(14-10-6-2,15-11-7-3)16-12-8-4;1-5-9-13(10-6-2,11-7-3)12-8-4;1-5-9(6-2,7-3)8-4;1-5(2,3)4;6*1-2(3)4/h5-24H2,1-4H3;5-20H2,1-4H3;5-16H2,1-4H3;5-12H2,1-4H3;5-8H2,1-4H3;1-4H3;6*1H3,(H,3,4)/q6*+1;;;;;;/p-6. The third-order valence-corrected chi connectivity index (χ3v) is 46.4. The molecule has 0 aromatic rings. The molecule has 0 unspecified atom stereocenters. The Hall–Kier alpha value is -0.600. The number of carboxylic acids is 6. The summed E-state index contributed by atoms with van der Waals surface area (Å²) < 4.78 is 0. The predicted molar refractivity (Wildman–Crippen MR) is 525 cm³/mol. The van der Waals surface area contributed by atoms with E-state index in [0.29, 0.717) is 0 Å². The Kier molecular flexibility index (Phi) is 133. The minimum Gasteiger partial charge on any atom is -0.550 e. The first kappa shape index (κ1) is 139. The maximum Gasteiger partial charge on any atom is 0.0594 e. The summed E-state index contributed by atoms with van der Waals surface area (Å²) in [5.41, 5.74) is 0. The third kappa shape index (κ3) is 137. The van der Waals surface area contributed by atoms with E-state index in [4.69, 9.17) is 59.4 Å². The van der Waals surface area contributed by atoms with Crippen molar-refractivity contribution in [2.24, 2.45) is 0 Å². The molecule has 0 radical (unpaired) electrons. The summed E-state index contributed by atoms with van der Waals surface area (Å²) in [5.74, 6) is -6.50. The van der Waals surface area contributed by atoms with Crippen LogP contribution in [0.3, 0.4) is 0 Å². The van der Waals surface area contributed by atoms with Crippen molar-refractivity contribution < 1.29 is 59.4 Å². The van der Waals surface area contributed by atoms with Crippen LogP contribution in [0.15, 0.2) is 0 Å². The van der Waals surface area contributed by atoms with Gasteiger partial charge >= 0.3 is 0 Å². The zero-order chi connectivity index (χ0) is 90.9. The van der Waals surface area contributed by atoms with Crippen LogP contribution in [-0.4, -0.2) is 186 Å². The van der Waals surface area contributed by atoms with E-state index in [1.165, 1.54) is 281 Å². The number of unbranched alkanes of at least 4 members (excludes halogenated alkanes) is 24. The number of carbonyl (C=O) groups excluding carboxylic acids is 6. The van der Waals surface area contributed by atoms with E-state index in [2.05, 4.69) is 165 Å². The van der Waals surface area contributed by atoms with Gasteiger partial charge in [0, 0.05) is 106 Å². The van der Waals surface area contributed by atoms with Crippen LogP contribution < -0.4 is 30.6 Å². The molecule has 0 atom stereocenters. The van der Waals surface area contributed by atoms with Gasteiger partial charge in [-0.25, -0.2) is 0 Å². The van der Waals surface area contributed by atoms with Gasteiger partial charge in [-0.15, -0.1) is 0 Å². The first-order chi connectivity index (χ1) is 53.6. The molecule has 0 bridgehead atoms. The SMILES string of the molecule is CC(=O)[O-].CC(=O)[O-].CC(=O)[O-].CC(=O)[O-].CC(=O)[O-].CC(=O)[O-].CCCCCC[P+](CCCCCC)(CCCCCC)CCCCCC.CCCCC[P+](CCCCC)(CCCCC)CCCCC.CCCC[P+](CCCC)(CCCC)CCCC.CCC[P+](CCC)(CCC)CCC.CC[P+](CC)(CC)CC.C[P+](C)(C)C. The molecular formula is C96H210O12P6. The lowest BCUT2D eigenvalue weighted by Crippen LogP contribution is -2.16. The fraction of sp³-hybridized carbons (Fsp3) is 0.938. The lowest BCUT2D eigenvalue weighted by atomic mass is 10.2. The Labute approximate surface area is 721 Å². The minimum atomic E-state index is -1.08. The summed E-state index contributed by atoms with van der Waals surface area (Å²) >= 11 is 0. The summed E-state index contributed by atoms with van der Waals surface area (Å²) in [6.45, 7) is 62.1. The van der Waals surface area contributed by atoms with Crippen molar-refractivity contribution in [3.05, 3.63) is 0 Å². The highest BCUT2D eigenvalue weighted by molar-refractivity contribution is 7.77. The molecular weight excluding hydrogens is 1530 g/mol. The zero-order valence-corrected chi connectivity index (χ0v) is 88.4. The van der Waals surface area contributed by atoms with Gasteiger partial charge in [0.25, 0.3) is 0 Å². The molecule has 12 nitrogen and oxygen atoms in total. The van der Waals surface area contributed by atoms with Gasteiger partial charge < -0.3 is 59.4 Å². The van der Waals surface area contributed by atoms with E-state index in [-0.39, 0.29) is 7.26 Å². The largest absolute Gasteiger partial charge is 0.550 e. The van der Waals surface area contributed by atoms with Crippen LogP contribution in [0.25, 0.3) is 0 Å². The Morgan fingerprint density at radius 3 is 0.351 bits per heavy atom. The monoisotopic (exact) mass is 1740 g/mol. The average Bonchev–Trinajstić information content (AvgIpc) is 0.899. The van der Waals surface area contributed by atoms with E-state index in [0.717, 1.165) is 41.5 Å². The second-order valence-corrected chi connectivity index (χ2v) is 62.1. The van der Waals surface area contributed by atoms with E-state index in [1.807, 2.05) is 0 Å². The molecule has 0 saturated heterocycles. The van der Waals surface area contributed by atoms with Crippen LogP contribution >= 0.6 is 43.6 Å². The van der Waals surface area contributed by atoms with Crippen LogP contribution in [0.1, 0.15) is 437 Å². The molecule has 696 valence electrons. The van der Waals surface area contributed by atoms with Gasteiger partial charge in [0.2, 0.25) is 0 Å². The van der Waals surface area contributed by atoms with Gasteiger partial charge in [-0.05, 0) is 198 Å². The average molecular weight is 1740 g/mol. The van der Waals surface area contributed by atoms with Crippen molar-refractivity contribution in [2.45, 2.75) is 437 Å². The Morgan fingerprint density at radius 2 is 0.254 bits per heavy atom. The number of rotatable bonds is 60. The summed E-state index contributed by atoms with van der Waals surface area (Å²) in [6, 6.07) is 0. The maximum atomic E-state index is 8.89. The number of hydrogen-bond acceptors (Lipinski definition) is 12. The highest BCUT2D eigenvalue weighted by Crippen LogP contribution is 2.64. The second-order valence-electron chi connectivity index (χ2n) is 33.7. The Balaban J connectivity index is -0.000000107. The van der Waals surface area contributed by atoms with Crippen LogP contribution in [0.5, 0.6) is 0 Å². The molecule has 0 spiro atoms. The molecule has 0 fully saturated rings. The van der Waals surface area contributed by atoms with E-state index >= 15 is 0 Å². The van der Waals surface area contributed by atoms with Gasteiger partial charge in [0.1, 0.15) is 0 Å². The second kappa shape index (κ2) is 108. The lowest BCUT2D eigenvalue weighted by Gasteiger charge is -2.28. The lowest BCUT2D eigenvalue weighted by molar-refractivity contribution is -0.303. The van der Waals surface area contributed by atoms with E-state index < -0.39 is 72.1 Å². The number of hydrogen-bond donors (Lipinski definition) is 0. The van der Waals surface area contributed by atoms with Crippen LogP contribution in [0, 0.1) is 0 Å². The maximum absolute atomic E-state index is 8.89. The van der Waals surface area contributed by atoms with Gasteiger partial charge in [-0.1, -0.05) is 239 Å². The van der Waals surface area contributed by atoms with Crippen LogP contribution in [-0.2, 0) is 28.8 Å². The molecule has 0 aliphatic carbocycles. The molecule has 0 aliphatic heterocycles. The van der Waals surface area contributed by atoms with Crippen molar-refractivity contribution >= 4 is 79.4 Å². The van der Waals surface area contributed by atoms with Crippen molar-refractivity contribution in [3.8, 4) is 0 Å². The van der Waals surface area contributed by atoms with Gasteiger partial charge in [0.15, 0.2) is 0 Å². The smallest absolute Gasteiger partial charge is 0.0594 e. The van der Waals surface area contributed by atoms with Crippen molar-refractivity contribution in [2.75, 3.05) is 150 Å². The number of carbonyl (C=O) groups is 6.